The molecule has 0 spiro atoms. The number of aliphatic hydroxyl groups excluding tert-OH is 1. The zero-order valence-corrected chi connectivity index (χ0v) is 11.9. The summed E-state index contributed by atoms with van der Waals surface area (Å²) in [4.78, 5) is 2.20. The molecule has 2 nitrogen and oxygen atoms in total. The molecule has 1 atom stereocenters. The molecule has 0 aromatic heterocycles. The molecular weight excluding hydrogens is 198 g/mol. The van der Waals surface area contributed by atoms with Gasteiger partial charge < -0.3 is 10.0 Å². The van der Waals surface area contributed by atoms with Crippen molar-refractivity contribution in [2.24, 2.45) is 5.41 Å². The minimum Gasteiger partial charge on any atom is -0.393 e. The monoisotopic (exact) mass is 229 g/mol. The van der Waals surface area contributed by atoms with Crippen molar-refractivity contribution in [3.8, 4) is 0 Å². The highest BCUT2D eigenvalue weighted by Gasteiger charge is 2.11. The Labute approximate surface area is 102 Å². The van der Waals surface area contributed by atoms with Crippen LogP contribution in [0.15, 0.2) is 0 Å². The van der Waals surface area contributed by atoms with Crippen LogP contribution >= 0.6 is 0 Å². The summed E-state index contributed by atoms with van der Waals surface area (Å²) >= 11 is 0. The van der Waals surface area contributed by atoms with E-state index in [-0.39, 0.29) is 6.10 Å². The van der Waals surface area contributed by atoms with Crippen LogP contribution in [0.4, 0.5) is 0 Å². The SMILES string of the molecule is CN(C)CCCC[C@@H](O)CCCC(C)(C)C. The van der Waals surface area contributed by atoms with E-state index in [1.165, 1.54) is 12.8 Å². The average molecular weight is 229 g/mol. The lowest BCUT2D eigenvalue weighted by Gasteiger charge is -2.19. The molecule has 0 fully saturated rings. The zero-order chi connectivity index (χ0) is 12.6. The van der Waals surface area contributed by atoms with Gasteiger partial charge in [-0.3, -0.25) is 0 Å². The molecule has 0 saturated carbocycles. The molecule has 0 aliphatic heterocycles. The van der Waals surface area contributed by atoms with Crippen LogP contribution in [0.5, 0.6) is 0 Å². The summed E-state index contributed by atoms with van der Waals surface area (Å²) in [5.74, 6) is 0. The molecule has 1 N–H and O–H groups in total. The molecule has 0 aromatic rings. The van der Waals surface area contributed by atoms with Gasteiger partial charge in [0.1, 0.15) is 0 Å². The second-order valence-electron chi connectivity index (χ2n) is 6.41. The highest BCUT2D eigenvalue weighted by atomic mass is 16.3. The molecule has 0 radical (unpaired) electrons. The van der Waals surface area contributed by atoms with Gasteiger partial charge in [-0.1, -0.05) is 27.2 Å². The second kappa shape index (κ2) is 8.08. The van der Waals surface area contributed by atoms with Gasteiger partial charge in [-0.15, -0.1) is 0 Å². The van der Waals surface area contributed by atoms with Crippen molar-refractivity contribution in [3.63, 3.8) is 0 Å². The third-order valence-corrected chi connectivity index (χ3v) is 2.86. The van der Waals surface area contributed by atoms with E-state index in [0.29, 0.717) is 5.41 Å². The van der Waals surface area contributed by atoms with E-state index < -0.39 is 0 Å². The highest BCUT2D eigenvalue weighted by molar-refractivity contribution is 4.64. The third-order valence-electron chi connectivity index (χ3n) is 2.86. The summed E-state index contributed by atoms with van der Waals surface area (Å²) in [6.45, 7) is 7.91. The van der Waals surface area contributed by atoms with Crippen molar-refractivity contribution in [1.29, 1.82) is 0 Å². The van der Waals surface area contributed by atoms with Crippen molar-refractivity contribution >= 4 is 0 Å². The molecule has 0 bridgehead atoms. The molecule has 0 aliphatic rings. The second-order valence-corrected chi connectivity index (χ2v) is 6.41. The van der Waals surface area contributed by atoms with Gasteiger partial charge >= 0.3 is 0 Å². The third kappa shape index (κ3) is 12.0. The van der Waals surface area contributed by atoms with Crippen LogP contribution < -0.4 is 0 Å². The maximum atomic E-state index is 9.80. The first kappa shape index (κ1) is 15.9. The first-order valence-electron chi connectivity index (χ1n) is 6.64. The number of hydrogen-bond donors (Lipinski definition) is 1. The Bertz CT molecular complexity index is 161. The lowest BCUT2D eigenvalue weighted by molar-refractivity contribution is 0.142. The first-order chi connectivity index (χ1) is 7.31. The molecule has 0 unspecified atom stereocenters. The van der Waals surface area contributed by atoms with Crippen LogP contribution in [0.3, 0.4) is 0 Å². The minimum atomic E-state index is -0.0792. The van der Waals surface area contributed by atoms with Gasteiger partial charge in [0.15, 0.2) is 0 Å². The van der Waals surface area contributed by atoms with Crippen LogP contribution in [-0.2, 0) is 0 Å². The van der Waals surface area contributed by atoms with E-state index in [4.69, 9.17) is 0 Å². The zero-order valence-electron chi connectivity index (χ0n) is 11.9. The fourth-order valence-corrected chi connectivity index (χ4v) is 1.82. The molecule has 2 heteroatoms. The minimum absolute atomic E-state index is 0.0792. The summed E-state index contributed by atoms with van der Waals surface area (Å²) in [6.07, 6.45) is 6.57. The molecule has 0 saturated heterocycles. The van der Waals surface area contributed by atoms with Crippen LogP contribution in [0.1, 0.15) is 59.3 Å². The molecule has 16 heavy (non-hydrogen) atoms. The molecule has 98 valence electrons. The van der Waals surface area contributed by atoms with E-state index >= 15 is 0 Å². The highest BCUT2D eigenvalue weighted by Crippen LogP contribution is 2.22. The Hall–Kier alpha value is -0.0800. The van der Waals surface area contributed by atoms with Crippen LogP contribution in [-0.4, -0.2) is 36.8 Å². The van der Waals surface area contributed by atoms with Crippen LogP contribution in [0.2, 0.25) is 0 Å². The molecule has 0 aliphatic carbocycles. The van der Waals surface area contributed by atoms with Crippen molar-refractivity contribution in [3.05, 3.63) is 0 Å². The van der Waals surface area contributed by atoms with E-state index in [1.54, 1.807) is 0 Å². The molecule has 0 aromatic carbocycles. The fourth-order valence-electron chi connectivity index (χ4n) is 1.82. The van der Waals surface area contributed by atoms with E-state index in [1.807, 2.05) is 0 Å². The van der Waals surface area contributed by atoms with Gasteiger partial charge in [0.2, 0.25) is 0 Å². The van der Waals surface area contributed by atoms with Crippen LogP contribution in [0.25, 0.3) is 0 Å². The predicted molar refractivity (Wildman–Crippen MR) is 71.7 cm³/mol. The van der Waals surface area contributed by atoms with Gasteiger partial charge in [-0.05, 0) is 58.2 Å². The topological polar surface area (TPSA) is 23.5 Å². The maximum absolute atomic E-state index is 9.80. The quantitative estimate of drug-likeness (QED) is 0.646. The Morgan fingerprint density at radius 1 is 1.00 bits per heavy atom. The summed E-state index contributed by atoms with van der Waals surface area (Å²) < 4.78 is 0. The normalized spacial score (nSPS) is 14.4. The van der Waals surface area contributed by atoms with E-state index in [9.17, 15) is 5.11 Å². The lowest BCUT2D eigenvalue weighted by atomic mass is 9.89. The average Bonchev–Trinajstić information content (AvgIpc) is 2.10. The largest absolute Gasteiger partial charge is 0.393 e. The Kier molecular flexibility index (Phi) is 8.04. The van der Waals surface area contributed by atoms with Crippen molar-refractivity contribution in [2.75, 3.05) is 20.6 Å². The van der Waals surface area contributed by atoms with Crippen molar-refractivity contribution in [1.82, 2.24) is 4.90 Å². The van der Waals surface area contributed by atoms with Gasteiger partial charge in [-0.2, -0.15) is 0 Å². The van der Waals surface area contributed by atoms with Gasteiger partial charge in [0.25, 0.3) is 0 Å². The summed E-state index contributed by atoms with van der Waals surface area (Å²) in [7, 11) is 4.19. The van der Waals surface area contributed by atoms with Crippen molar-refractivity contribution < 1.29 is 5.11 Å². The smallest absolute Gasteiger partial charge is 0.0540 e. The molecule has 0 heterocycles. The van der Waals surface area contributed by atoms with Crippen LogP contribution in [0, 0.1) is 5.41 Å². The predicted octanol–water partition coefficient (Wildman–Crippen LogP) is 3.30. The maximum Gasteiger partial charge on any atom is 0.0540 e. The molecule has 0 rings (SSSR count). The Morgan fingerprint density at radius 3 is 2.06 bits per heavy atom. The standard InChI is InChI=1S/C14H31NO/c1-14(2,3)11-8-10-13(16)9-6-7-12-15(4)5/h13,16H,6-12H2,1-5H3/t13-/m1/s1. The summed E-state index contributed by atoms with van der Waals surface area (Å²) in [6, 6.07) is 0. The van der Waals surface area contributed by atoms with Gasteiger partial charge in [0.05, 0.1) is 6.10 Å². The number of rotatable bonds is 8. The summed E-state index contributed by atoms with van der Waals surface area (Å²) in [5.41, 5.74) is 0.407. The summed E-state index contributed by atoms with van der Waals surface area (Å²) in [5, 5.41) is 9.80. The first-order valence-corrected chi connectivity index (χ1v) is 6.64. The van der Waals surface area contributed by atoms with E-state index in [2.05, 4.69) is 39.8 Å². The van der Waals surface area contributed by atoms with E-state index in [0.717, 1.165) is 32.2 Å². The number of aliphatic hydroxyl groups is 1. The lowest BCUT2D eigenvalue weighted by Crippen LogP contribution is -2.14. The van der Waals surface area contributed by atoms with Gasteiger partial charge in [0, 0.05) is 0 Å². The molecular formula is C14H31NO. The number of nitrogens with zero attached hydrogens (tertiary/aromatic N) is 1. The van der Waals surface area contributed by atoms with Crippen molar-refractivity contribution in [2.45, 2.75) is 65.4 Å². The number of hydrogen-bond acceptors (Lipinski definition) is 2. The number of unbranched alkanes of at least 4 members (excludes halogenated alkanes) is 1. The van der Waals surface area contributed by atoms with Gasteiger partial charge in [-0.25, -0.2) is 0 Å². The molecule has 0 amide bonds. The Balaban J connectivity index is 3.35. The Morgan fingerprint density at radius 2 is 1.56 bits per heavy atom. The fraction of sp³-hybridized carbons (Fsp3) is 1.00.